The molecule has 28 heavy (non-hydrogen) atoms. The van der Waals surface area contributed by atoms with Crippen LogP contribution in [0.3, 0.4) is 0 Å². The highest BCUT2D eigenvalue weighted by atomic mass is 35.5. The first-order valence-electron chi connectivity index (χ1n) is 10.8. The lowest BCUT2D eigenvalue weighted by Crippen LogP contribution is -2.45. The molecule has 2 aromatic rings. The average Bonchev–Trinajstić information content (AvgIpc) is 3.02. The number of halogens is 1. The lowest BCUT2D eigenvalue weighted by atomic mass is 9.90. The molecule has 0 amide bonds. The van der Waals surface area contributed by atoms with Crippen LogP contribution in [0.4, 0.5) is 0 Å². The van der Waals surface area contributed by atoms with E-state index in [1.54, 1.807) is 0 Å². The van der Waals surface area contributed by atoms with E-state index in [2.05, 4.69) is 16.8 Å². The van der Waals surface area contributed by atoms with Crippen molar-refractivity contribution in [3.63, 3.8) is 0 Å². The first-order valence-corrected chi connectivity index (χ1v) is 11.2. The lowest BCUT2D eigenvalue weighted by molar-refractivity contribution is 0.00254. The maximum atomic E-state index is 12.6. The van der Waals surface area contributed by atoms with Gasteiger partial charge in [-0.3, -0.25) is 4.57 Å². The highest BCUT2D eigenvalue weighted by molar-refractivity contribution is 6.32. The molecular formula is C22H32ClN3O2. The number of H-pyrrole nitrogens is 1. The van der Waals surface area contributed by atoms with Crippen molar-refractivity contribution < 1.29 is 4.74 Å². The zero-order valence-corrected chi connectivity index (χ0v) is 17.8. The number of hydrogen-bond donors (Lipinski definition) is 1. The van der Waals surface area contributed by atoms with Gasteiger partial charge >= 0.3 is 5.69 Å². The number of nitrogens with zero attached hydrogens (tertiary/aromatic N) is 2. The number of nitrogens with one attached hydrogen (secondary N) is 1. The van der Waals surface area contributed by atoms with E-state index in [0.717, 1.165) is 60.6 Å². The van der Waals surface area contributed by atoms with E-state index >= 15 is 0 Å². The van der Waals surface area contributed by atoms with Crippen LogP contribution in [0.15, 0.2) is 16.9 Å². The van der Waals surface area contributed by atoms with Gasteiger partial charge in [0.1, 0.15) is 0 Å². The second kappa shape index (κ2) is 8.60. The van der Waals surface area contributed by atoms with Crippen LogP contribution in [0.1, 0.15) is 63.5 Å². The zero-order chi connectivity index (χ0) is 19.7. The topological polar surface area (TPSA) is 50.3 Å². The number of imidazole rings is 1. The van der Waals surface area contributed by atoms with Gasteiger partial charge in [-0.15, -0.1) is 0 Å². The maximum Gasteiger partial charge on any atom is 0.326 e. The summed E-state index contributed by atoms with van der Waals surface area (Å²) in [6.07, 6.45) is 8.45. The predicted molar refractivity (Wildman–Crippen MR) is 114 cm³/mol. The molecule has 0 spiro atoms. The van der Waals surface area contributed by atoms with Crippen molar-refractivity contribution in [1.82, 2.24) is 14.5 Å². The summed E-state index contributed by atoms with van der Waals surface area (Å²) in [5.74, 6) is 0. The van der Waals surface area contributed by atoms with Gasteiger partial charge in [0.25, 0.3) is 0 Å². The minimum atomic E-state index is -0.0105. The minimum Gasteiger partial charge on any atom is -0.378 e. The van der Waals surface area contributed by atoms with Crippen molar-refractivity contribution >= 4 is 22.6 Å². The van der Waals surface area contributed by atoms with E-state index in [1.165, 1.54) is 25.7 Å². The van der Waals surface area contributed by atoms with Crippen molar-refractivity contribution in [2.75, 3.05) is 19.7 Å². The molecule has 2 aliphatic rings. The van der Waals surface area contributed by atoms with E-state index in [0.29, 0.717) is 12.1 Å². The van der Waals surface area contributed by atoms with Crippen LogP contribution in [0, 0.1) is 6.92 Å². The molecule has 1 saturated heterocycles. The van der Waals surface area contributed by atoms with E-state index in [1.807, 2.05) is 23.6 Å². The van der Waals surface area contributed by atoms with Gasteiger partial charge < -0.3 is 14.6 Å². The molecule has 6 heteroatoms. The molecule has 0 radical (unpaired) electrons. The number of aromatic amines is 1. The van der Waals surface area contributed by atoms with Crippen molar-refractivity contribution in [3.8, 4) is 0 Å². The lowest BCUT2D eigenvalue weighted by Gasteiger charge is -2.41. The fourth-order valence-corrected chi connectivity index (χ4v) is 5.15. The van der Waals surface area contributed by atoms with Gasteiger partial charge in [0.05, 0.1) is 17.1 Å². The van der Waals surface area contributed by atoms with Gasteiger partial charge in [0, 0.05) is 36.8 Å². The van der Waals surface area contributed by atoms with E-state index in [9.17, 15) is 4.79 Å². The Hall–Kier alpha value is -1.30. The van der Waals surface area contributed by atoms with Crippen LogP contribution in [0.5, 0.6) is 0 Å². The summed E-state index contributed by atoms with van der Waals surface area (Å²) >= 11 is 6.33. The van der Waals surface area contributed by atoms with Gasteiger partial charge in [-0.1, -0.05) is 18.5 Å². The van der Waals surface area contributed by atoms with Gasteiger partial charge in [0.15, 0.2) is 0 Å². The average molecular weight is 406 g/mol. The molecule has 4 rings (SSSR count). The third-order valence-corrected chi connectivity index (χ3v) is 6.99. The van der Waals surface area contributed by atoms with Crippen molar-refractivity contribution in [2.45, 2.75) is 77.0 Å². The summed E-state index contributed by atoms with van der Waals surface area (Å²) in [5.41, 5.74) is 2.81. The molecule has 5 nitrogen and oxygen atoms in total. The molecule has 2 fully saturated rings. The van der Waals surface area contributed by atoms with Crippen LogP contribution in [0.2, 0.25) is 5.02 Å². The van der Waals surface area contributed by atoms with Crippen molar-refractivity contribution in [1.29, 1.82) is 0 Å². The molecule has 0 atom stereocenters. The SMILES string of the molecule is CCCOC1CCC(N2CCC(n3c(=O)[nH]c4cc(C)c(Cl)cc43)CC2)CC1. The Morgan fingerprint density at radius 3 is 2.50 bits per heavy atom. The molecule has 2 heterocycles. The molecule has 0 unspecified atom stereocenters. The summed E-state index contributed by atoms with van der Waals surface area (Å²) in [7, 11) is 0. The van der Waals surface area contributed by atoms with E-state index in [4.69, 9.17) is 16.3 Å². The Bertz CT molecular complexity index is 859. The van der Waals surface area contributed by atoms with Crippen LogP contribution in [-0.2, 0) is 4.74 Å². The molecule has 1 aromatic heterocycles. The smallest absolute Gasteiger partial charge is 0.326 e. The number of benzene rings is 1. The molecule has 1 saturated carbocycles. The number of rotatable bonds is 5. The zero-order valence-electron chi connectivity index (χ0n) is 17.0. The van der Waals surface area contributed by atoms with Crippen molar-refractivity contribution in [2.24, 2.45) is 0 Å². The number of likely N-dealkylation sites (tertiary alicyclic amines) is 1. The van der Waals surface area contributed by atoms with Crippen LogP contribution in [-0.4, -0.2) is 46.3 Å². The Labute approximate surface area is 172 Å². The van der Waals surface area contributed by atoms with Gasteiger partial charge in [-0.05, 0) is 69.6 Å². The van der Waals surface area contributed by atoms with Gasteiger partial charge in [-0.25, -0.2) is 4.79 Å². The molecule has 0 bridgehead atoms. The second-order valence-corrected chi connectivity index (χ2v) is 8.89. The number of aromatic nitrogens is 2. The number of ether oxygens (including phenoxy) is 1. The second-order valence-electron chi connectivity index (χ2n) is 8.49. The van der Waals surface area contributed by atoms with Crippen LogP contribution >= 0.6 is 11.6 Å². The molecule has 1 aliphatic carbocycles. The molecule has 1 aromatic carbocycles. The third kappa shape index (κ3) is 4.03. The summed E-state index contributed by atoms with van der Waals surface area (Å²) in [6, 6.07) is 4.84. The molecule has 1 N–H and O–H groups in total. The van der Waals surface area contributed by atoms with Crippen LogP contribution < -0.4 is 5.69 Å². The number of aryl methyl sites for hydroxylation is 1. The largest absolute Gasteiger partial charge is 0.378 e. The number of piperidine rings is 1. The van der Waals surface area contributed by atoms with E-state index in [-0.39, 0.29) is 11.7 Å². The Balaban J connectivity index is 1.39. The van der Waals surface area contributed by atoms with Gasteiger partial charge in [0.2, 0.25) is 0 Å². The predicted octanol–water partition coefficient (Wildman–Crippen LogP) is 4.67. The summed E-state index contributed by atoms with van der Waals surface area (Å²) in [4.78, 5) is 18.3. The highest BCUT2D eigenvalue weighted by Crippen LogP contribution is 2.32. The summed E-state index contributed by atoms with van der Waals surface area (Å²) < 4.78 is 7.87. The highest BCUT2D eigenvalue weighted by Gasteiger charge is 2.30. The Morgan fingerprint density at radius 1 is 1.11 bits per heavy atom. The molecule has 1 aliphatic heterocycles. The van der Waals surface area contributed by atoms with Crippen LogP contribution in [0.25, 0.3) is 11.0 Å². The Morgan fingerprint density at radius 2 is 1.82 bits per heavy atom. The number of hydrogen-bond acceptors (Lipinski definition) is 3. The summed E-state index contributed by atoms with van der Waals surface area (Å²) in [5, 5.41) is 0.722. The maximum absolute atomic E-state index is 12.6. The molecular weight excluding hydrogens is 374 g/mol. The Kier molecular flexibility index (Phi) is 6.14. The normalized spacial score (nSPS) is 24.8. The van der Waals surface area contributed by atoms with Crippen molar-refractivity contribution in [3.05, 3.63) is 33.2 Å². The fraction of sp³-hybridized carbons (Fsp3) is 0.682. The third-order valence-electron chi connectivity index (χ3n) is 6.58. The number of fused-ring (bicyclic) bond motifs is 1. The summed E-state index contributed by atoms with van der Waals surface area (Å²) in [6.45, 7) is 7.16. The monoisotopic (exact) mass is 405 g/mol. The quantitative estimate of drug-likeness (QED) is 0.786. The molecule has 154 valence electrons. The first-order chi connectivity index (χ1) is 13.6. The minimum absolute atomic E-state index is 0.0105. The fourth-order valence-electron chi connectivity index (χ4n) is 4.99. The standard InChI is InChI=1S/C22H32ClN3O2/c1-3-12-28-18-6-4-16(5-7-18)25-10-8-17(9-11-25)26-21-14-19(23)15(2)13-20(21)24-22(26)27/h13-14,16-18H,3-12H2,1-2H3,(H,24,27). The first kappa shape index (κ1) is 20.0. The van der Waals surface area contributed by atoms with E-state index < -0.39 is 0 Å². The van der Waals surface area contributed by atoms with Gasteiger partial charge in [-0.2, -0.15) is 0 Å².